The highest BCUT2D eigenvalue weighted by Gasteiger charge is 2.36. The highest BCUT2D eigenvalue weighted by molar-refractivity contribution is 5.41. The molecular weight excluding hydrogens is 252 g/mol. The second kappa shape index (κ2) is 6.30. The predicted octanol–water partition coefficient (Wildman–Crippen LogP) is 5.74. The van der Waals surface area contributed by atoms with Crippen LogP contribution in [0.2, 0.25) is 0 Å². The van der Waals surface area contributed by atoms with Crippen LogP contribution in [0.4, 0.5) is 0 Å². The largest absolute Gasteiger partial charge is 0.0870 e. The van der Waals surface area contributed by atoms with Gasteiger partial charge in [0.1, 0.15) is 0 Å². The fraction of sp³-hybridized carbons (Fsp3) is 0.333. The molecule has 1 atom stereocenters. The van der Waals surface area contributed by atoms with Crippen molar-refractivity contribution in [2.45, 2.75) is 38.0 Å². The topological polar surface area (TPSA) is 0 Å². The molecule has 0 saturated heterocycles. The summed E-state index contributed by atoms with van der Waals surface area (Å²) in [7, 11) is 0. The lowest BCUT2D eigenvalue weighted by Crippen LogP contribution is -2.32. The van der Waals surface area contributed by atoms with Crippen LogP contribution in [0, 0.1) is 5.92 Å². The molecule has 0 aliphatic heterocycles. The molecule has 0 amide bonds. The van der Waals surface area contributed by atoms with E-state index in [0.717, 1.165) is 6.42 Å². The van der Waals surface area contributed by atoms with Gasteiger partial charge in [0.15, 0.2) is 0 Å². The first kappa shape index (κ1) is 14.1. The third kappa shape index (κ3) is 2.81. The SMILES string of the molecule is CCCC1C=CCC(c2ccccc2)(c2ccccc2)C1. The minimum Gasteiger partial charge on any atom is -0.0870 e. The monoisotopic (exact) mass is 276 g/mol. The van der Waals surface area contributed by atoms with Gasteiger partial charge in [0.25, 0.3) is 0 Å². The number of rotatable bonds is 4. The first-order chi connectivity index (χ1) is 10.3. The average molecular weight is 276 g/mol. The molecule has 0 nitrogen and oxygen atoms in total. The van der Waals surface area contributed by atoms with Crippen molar-refractivity contribution in [3.8, 4) is 0 Å². The summed E-state index contributed by atoms with van der Waals surface area (Å²) in [4.78, 5) is 0. The molecule has 0 heterocycles. The lowest BCUT2D eigenvalue weighted by atomic mass is 9.64. The Kier molecular flexibility index (Phi) is 4.24. The van der Waals surface area contributed by atoms with Gasteiger partial charge in [-0.25, -0.2) is 0 Å². The molecule has 2 aromatic carbocycles. The molecule has 0 saturated carbocycles. The molecule has 0 bridgehead atoms. The molecule has 0 fully saturated rings. The standard InChI is InChI=1S/C21H24/c1-2-10-18-11-9-16-21(17-18,19-12-5-3-6-13-19)20-14-7-4-8-15-20/h3-9,11-15,18H,2,10,16-17H2,1H3. The van der Waals surface area contributed by atoms with E-state index in [1.54, 1.807) is 0 Å². The lowest BCUT2D eigenvalue weighted by molar-refractivity contribution is 0.370. The summed E-state index contributed by atoms with van der Waals surface area (Å²) in [6, 6.07) is 22.1. The molecule has 108 valence electrons. The van der Waals surface area contributed by atoms with Gasteiger partial charge in [0.2, 0.25) is 0 Å². The van der Waals surface area contributed by atoms with Crippen LogP contribution in [0.25, 0.3) is 0 Å². The number of allylic oxidation sites excluding steroid dienone is 2. The van der Waals surface area contributed by atoms with E-state index in [9.17, 15) is 0 Å². The maximum atomic E-state index is 2.44. The molecule has 3 rings (SSSR count). The Morgan fingerprint density at radius 1 is 0.905 bits per heavy atom. The van der Waals surface area contributed by atoms with Crippen molar-refractivity contribution in [1.82, 2.24) is 0 Å². The summed E-state index contributed by atoms with van der Waals surface area (Å²) in [6.45, 7) is 2.29. The maximum absolute atomic E-state index is 2.44. The third-order valence-corrected chi connectivity index (χ3v) is 4.80. The van der Waals surface area contributed by atoms with Gasteiger partial charge < -0.3 is 0 Å². The fourth-order valence-electron chi connectivity index (χ4n) is 3.78. The normalized spacial score (nSPS) is 20.3. The molecule has 0 spiro atoms. The first-order valence-corrected chi connectivity index (χ1v) is 8.13. The van der Waals surface area contributed by atoms with Crippen LogP contribution in [-0.4, -0.2) is 0 Å². The second-order valence-corrected chi connectivity index (χ2v) is 6.20. The summed E-state index contributed by atoms with van der Waals surface area (Å²) in [6.07, 6.45) is 9.73. The zero-order valence-electron chi connectivity index (χ0n) is 12.8. The van der Waals surface area contributed by atoms with E-state index in [1.807, 2.05) is 0 Å². The number of benzene rings is 2. The van der Waals surface area contributed by atoms with Gasteiger partial charge in [0, 0.05) is 5.41 Å². The summed E-state index contributed by atoms with van der Waals surface area (Å²) < 4.78 is 0. The molecule has 21 heavy (non-hydrogen) atoms. The minimum atomic E-state index is 0.150. The van der Waals surface area contributed by atoms with E-state index in [1.165, 1.54) is 30.4 Å². The zero-order valence-corrected chi connectivity index (χ0v) is 12.8. The van der Waals surface area contributed by atoms with Crippen LogP contribution < -0.4 is 0 Å². The van der Waals surface area contributed by atoms with Gasteiger partial charge in [-0.1, -0.05) is 86.2 Å². The molecule has 0 N–H and O–H groups in total. The summed E-state index contributed by atoms with van der Waals surface area (Å²) in [5.41, 5.74) is 3.07. The van der Waals surface area contributed by atoms with Crippen LogP contribution in [0.15, 0.2) is 72.8 Å². The molecular formula is C21H24. The Balaban J connectivity index is 2.06. The summed E-state index contributed by atoms with van der Waals surface area (Å²) in [5, 5.41) is 0. The van der Waals surface area contributed by atoms with Crippen molar-refractivity contribution in [3.05, 3.63) is 83.9 Å². The van der Waals surface area contributed by atoms with E-state index in [4.69, 9.17) is 0 Å². The lowest BCUT2D eigenvalue weighted by Gasteiger charge is -2.39. The van der Waals surface area contributed by atoms with Gasteiger partial charge >= 0.3 is 0 Å². The first-order valence-electron chi connectivity index (χ1n) is 8.13. The smallest absolute Gasteiger partial charge is 0.0242 e. The highest BCUT2D eigenvalue weighted by atomic mass is 14.4. The van der Waals surface area contributed by atoms with Gasteiger partial charge in [-0.15, -0.1) is 0 Å². The molecule has 0 aromatic heterocycles. The van der Waals surface area contributed by atoms with E-state index in [-0.39, 0.29) is 5.41 Å². The molecule has 0 heteroatoms. The van der Waals surface area contributed by atoms with E-state index in [0.29, 0.717) is 5.92 Å². The average Bonchev–Trinajstić information content (AvgIpc) is 2.57. The van der Waals surface area contributed by atoms with E-state index >= 15 is 0 Å². The van der Waals surface area contributed by atoms with Crippen LogP contribution in [0.5, 0.6) is 0 Å². The van der Waals surface area contributed by atoms with Gasteiger partial charge in [0.05, 0.1) is 0 Å². The highest BCUT2D eigenvalue weighted by Crippen LogP contribution is 2.45. The van der Waals surface area contributed by atoms with Crippen molar-refractivity contribution >= 4 is 0 Å². The van der Waals surface area contributed by atoms with Crippen LogP contribution in [-0.2, 0) is 5.41 Å². The van der Waals surface area contributed by atoms with Crippen LogP contribution in [0.3, 0.4) is 0 Å². The van der Waals surface area contributed by atoms with Crippen molar-refractivity contribution in [2.75, 3.05) is 0 Å². The minimum absolute atomic E-state index is 0.150. The quantitative estimate of drug-likeness (QED) is 0.625. The van der Waals surface area contributed by atoms with E-state index in [2.05, 4.69) is 79.7 Å². The summed E-state index contributed by atoms with van der Waals surface area (Å²) >= 11 is 0. The van der Waals surface area contributed by atoms with E-state index < -0.39 is 0 Å². The van der Waals surface area contributed by atoms with Gasteiger partial charge in [-0.3, -0.25) is 0 Å². The van der Waals surface area contributed by atoms with Crippen molar-refractivity contribution in [1.29, 1.82) is 0 Å². The molecule has 1 unspecified atom stereocenters. The predicted molar refractivity (Wildman–Crippen MR) is 90.4 cm³/mol. The van der Waals surface area contributed by atoms with Crippen molar-refractivity contribution in [3.63, 3.8) is 0 Å². The number of hydrogen-bond acceptors (Lipinski definition) is 0. The van der Waals surface area contributed by atoms with Crippen molar-refractivity contribution in [2.24, 2.45) is 5.92 Å². The molecule has 1 aliphatic rings. The second-order valence-electron chi connectivity index (χ2n) is 6.20. The zero-order chi connectivity index (χ0) is 14.5. The van der Waals surface area contributed by atoms with Crippen LogP contribution >= 0.6 is 0 Å². The summed E-state index contributed by atoms with van der Waals surface area (Å²) in [5.74, 6) is 0.698. The van der Waals surface area contributed by atoms with Crippen molar-refractivity contribution < 1.29 is 0 Å². The number of hydrogen-bond donors (Lipinski definition) is 0. The Morgan fingerprint density at radius 2 is 1.48 bits per heavy atom. The maximum Gasteiger partial charge on any atom is 0.0242 e. The van der Waals surface area contributed by atoms with Crippen LogP contribution in [0.1, 0.15) is 43.7 Å². The Morgan fingerprint density at radius 3 is 2.00 bits per heavy atom. The Hall–Kier alpha value is -1.82. The molecule has 2 aromatic rings. The van der Waals surface area contributed by atoms with Gasteiger partial charge in [-0.05, 0) is 36.3 Å². The fourth-order valence-corrected chi connectivity index (χ4v) is 3.78. The third-order valence-electron chi connectivity index (χ3n) is 4.80. The Labute approximate surface area is 128 Å². The molecule has 0 radical (unpaired) electrons. The molecule has 1 aliphatic carbocycles. The Bertz CT molecular complexity index is 540. The van der Waals surface area contributed by atoms with Gasteiger partial charge in [-0.2, -0.15) is 0 Å².